The molecule has 2 aromatic carbocycles. The normalized spacial score (nSPS) is 13.5. The highest BCUT2D eigenvalue weighted by Crippen LogP contribution is 2.29. The topological polar surface area (TPSA) is 93.5 Å². The monoisotopic (exact) mass is 562 g/mol. The molecule has 0 saturated carbocycles. The highest BCUT2D eigenvalue weighted by molar-refractivity contribution is 7.98. The van der Waals surface area contributed by atoms with Crippen molar-refractivity contribution in [3.8, 4) is 5.69 Å². The van der Waals surface area contributed by atoms with Gasteiger partial charge in [-0.25, -0.2) is 9.78 Å². The van der Waals surface area contributed by atoms with E-state index in [0.29, 0.717) is 50.7 Å². The lowest BCUT2D eigenvalue weighted by atomic mass is 10.1. The van der Waals surface area contributed by atoms with E-state index in [1.807, 2.05) is 35.7 Å². The Bertz CT molecular complexity index is 1430. The molecule has 0 spiro atoms. The van der Waals surface area contributed by atoms with Crippen LogP contribution in [0.1, 0.15) is 39.4 Å². The van der Waals surface area contributed by atoms with Gasteiger partial charge in [0.2, 0.25) is 0 Å². The van der Waals surface area contributed by atoms with E-state index in [-0.39, 0.29) is 12.0 Å². The molecule has 0 radical (unpaired) electrons. The van der Waals surface area contributed by atoms with Crippen molar-refractivity contribution in [2.24, 2.45) is 0 Å². The minimum atomic E-state index is -0.331. The molecule has 1 aliphatic heterocycles. The minimum absolute atomic E-state index is 0.112. The summed E-state index contributed by atoms with van der Waals surface area (Å²) in [5.41, 5.74) is 3.79. The first-order valence-corrected chi connectivity index (χ1v) is 14.7. The second-order valence-electron chi connectivity index (χ2n) is 9.08. The van der Waals surface area contributed by atoms with Crippen molar-refractivity contribution in [3.05, 3.63) is 87.6 Å². The zero-order valence-corrected chi connectivity index (χ0v) is 23.6. The molecule has 1 aliphatic rings. The highest BCUT2D eigenvalue weighted by Gasteiger charge is 2.27. The fraction of sp³-hybridized carbons (Fsp3) is 0.321. The number of nitrogens with zero attached hydrogens (tertiary/aromatic N) is 6. The maximum Gasteiger partial charge on any atom is 0.409 e. The highest BCUT2D eigenvalue weighted by atomic mass is 32.2. The SMILES string of the molecule is CCOC(=O)N1CCN(C(=O)c2csc(CSc3nnc(Cc4ccccc4)n3-c3ccccc3C)n2)CC1. The Labute approximate surface area is 235 Å². The van der Waals surface area contributed by atoms with Crippen molar-refractivity contribution < 1.29 is 14.3 Å². The molecule has 39 heavy (non-hydrogen) atoms. The number of ether oxygens (including phenoxy) is 1. The molecule has 9 nitrogen and oxygen atoms in total. The number of carbonyl (C=O) groups is 2. The molecule has 4 aromatic rings. The fourth-order valence-corrected chi connectivity index (χ4v) is 6.16. The molecule has 1 saturated heterocycles. The van der Waals surface area contributed by atoms with Gasteiger partial charge in [0.15, 0.2) is 5.16 Å². The first-order chi connectivity index (χ1) is 19.0. The summed E-state index contributed by atoms with van der Waals surface area (Å²) >= 11 is 3.02. The summed E-state index contributed by atoms with van der Waals surface area (Å²) in [6.45, 7) is 6.04. The number of piperazine rings is 1. The number of amides is 2. The number of benzene rings is 2. The number of thioether (sulfide) groups is 1. The molecular formula is C28H30N6O3S2. The average Bonchev–Trinajstić information content (AvgIpc) is 3.60. The first-order valence-electron chi connectivity index (χ1n) is 12.9. The zero-order chi connectivity index (χ0) is 27.2. The number of carbonyl (C=O) groups excluding carboxylic acids is 2. The quantitative estimate of drug-likeness (QED) is 0.284. The number of aryl methyl sites for hydroxylation is 1. The van der Waals surface area contributed by atoms with Crippen LogP contribution in [0.5, 0.6) is 0 Å². The Hall–Kier alpha value is -3.70. The standard InChI is InChI=1S/C28H30N6O3S2/c1-3-37-28(36)33-15-13-32(14-16-33)26(35)22-18-38-25(29-22)19-39-27-31-30-24(17-21-10-5-4-6-11-21)34(27)23-12-8-7-9-20(23)2/h4-12,18H,3,13-17,19H2,1-2H3. The summed E-state index contributed by atoms with van der Waals surface area (Å²) in [6.07, 6.45) is 0.338. The van der Waals surface area contributed by atoms with E-state index in [1.54, 1.807) is 28.5 Å². The van der Waals surface area contributed by atoms with Gasteiger partial charge in [-0.2, -0.15) is 0 Å². The predicted molar refractivity (Wildman–Crippen MR) is 152 cm³/mol. The summed E-state index contributed by atoms with van der Waals surface area (Å²) in [7, 11) is 0. The van der Waals surface area contributed by atoms with Gasteiger partial charge < -0.3 is 14.5 Å². The summed E-state index contributed by atoms with van der Waals surface area (Å²) in [4.78, 5) is 33.0. The predicted octanol–water partition coefficient (Wildman–Crippen LogP) is 4.83. The summed E-state index contributed by atoms with van der Waals surface area (Å²) in [6, 6.07) is 18.5. The summed E-state index contributed by atoms with van der Waals surface area (Å²) in [5.74, 6) is 1.33. The molecular weight excluding hydrogens is 532 g/mol. The molecule has 11 heteroatoms. The molecule has 3 heterocycles. The van der Waals surface area contributed by atoms with Gasteiger partial charge >= 0.3 is 6.09 Å². The Balaban J connectivity index is 1.27. The second kappa shape index (κ2) is 12.4. The van der Waals surface area contributed by atoms with Crippen LogP contribution in [-0.2, 0) is 16.9 Å². The number of thiazole rings is 1. The van der Waals surface area contributed by atoms with E-state index >= 15 is 0 Å². The lowest BCUT2D eigenvalue weighted by molar-refractivity contribution is 0.0566. The van der Waals surface area contributed by atoms with Crippen molar-refractivity contribution in [2.45, 2.75) is 31.2 Å². The Morgan fingerprint density at radius 3 is 2.44 bits per heavy atom. The van der Waals surface area contributed by atoms with E-state index in [1.165, 1.54) is 16.9 Å². The summed E-state index contributed by atoms with van der Waals surface area (Å²) < 4.78 is 7.18. The molecule has 5 rings (SSSR count). The van der Waals surface area contributed by atoms with Crippen LogP contribution >= 0.6 is 23.1 Å². The van der Waals surface area contributed by atoms with Crippen molar-refractivity contribution in [3.63, 3.8) is 0 Å². The van der Waals surface area contributed by atoms with Crippen molar-refractivity contribution in [1.82, 2.24) is 29.5 Å². The third kappa shape index (κ3) is 6.31. The van der Waals surface area contributed by atoms with E-state index in [0.717, 1.165) is 27.2 Å². The number of hydrogen-bond acceptors (Lipinski definition) is 8. The smallest absolute Gasteiger partial charge is 0.409 e. The Morgan fingerprint density at radius 1 is 0.974 bits per heavy atom. The number of rotatable bonds is 8. The van der Waals surface area contributed by atoms with E-state index in [2.05, 4.69) is 50.9 Å². The molecule has 0 atom stereocenters. The lowest BCUT2D eigenvalue weighted by Gasteiger charge is -2.33. The van der Waals surface area contributed by atoms with Gasteiger partial charge in [-0.05, 0) is 31.0 Å². The largest absolute Gasteiger partial charge is 0.450 e. The molecule has 0 bridgehead atoms. The number of aromatic nitrogens is 4. The van der Waals surface area contributed by atoms with E-state index in [4.69, 9.17) is 4.74 Å². The van der Waals surface area contributed by atoms with Crippen LogP contribution in [0.25, 0.3) is 5.69 Å². The van der Waals surface area contributed by atoms with Crippen LogP contribution in [0.2, 0.25) is 0 Å². The van der Waals surface area contributed by atoms with Gasteiger partial charge in [0.05, 0.1) is 18.0 Å². The Kier molecular flexibility index (Phi) is 8.58. The maximum atomic E-state index is 13.0. The van der Waals surface area contributed by atoms with Crippen molar-refractivity contribution in [1.29, 1.82) is 0 Å². The Morgan fingerprint density at radius 2 is 1.69 bits per heavy atom. The van der Waals surface area contributed by atoms with Crippen molar-refractivity contribution >= 4 is 35.1 Å². The van der Waals surface area contributed by atoms with Gasteiger partial charge in [-0.3, -0.25) is 9.36 Å². The summed E-state index contributed by atoms with van der Waals surface area (Å²) in [5, 5.41) is 12.5. The lowest BCUT2D eigenvalue weighted by Crippen LogP contribution is -2.50. The molecule has 0 aliphatic carbocycles. The number of para-hydroxylation sites is 1. The van der Waals surface area contributed by atoms with Crippen LogP contribution in [0.15, 0.2) is 65.1 Å². The van der Waals surface area contributed by atoms with E-state index < -0.39 is 0 Å². The fourth-order valence-electron chi connectivity index (χ4n) is 4.41. The van der Waals surface area contributed by atoms with Crippen molar-refractivity contribution in [2.75, 3.05) is 32.8 Å². The van der Waals surface area contributed by atoms with Crippen LogP contribution < -0.4 is 0 Å². The minimum Gasteiger partial charge on any atom is -0.450 e. The van der Waals surface area contributed by atoms with Crippen LogP contribution in [0.4, 0.5) is 4.79 Å². The molecule has 0 N–H and O–H groups in total. The van der Waals surface area contributed by atoms with Gasteiger partial charge in [0.25, 0.3) is 5.91 Å². The van der Waals surface area contributed by atoms with Gasteiger partial charge in [-0.15, -0.1) is 21.5 Å². The zero-order valence-electron chi connectivity index (χ0n) is 21.9. The van der Waals surface area contributed by atoms with Crippen LogP contribution in [-0.4, -0.2) is 74.3 Å². The maximum absolute atomic E-state index is 13.0. The van der Waals surface area contributed by atoms with Gasteiger partial charge in [-0.1, -0.05) is 60.3 Å². The third-order valence-electron chi connectivity index (χ3n) is 6.45. The molecule has 2 amide bonds. The van der Waals surface area contributed by atoms with E-state index in [9.17, 15) is 9.59 Å². The third-order valence-corrected chi connectivity index (χ3v) is 8.42. The number of hydrogen-bond donors (Lipinski definition) is 0. The van der Waals surface area contributed by atoms with Crippen LogP contribution in [0.3, 0.4) is 0 Å². The average molecular weight is 563 g/mol. The van der Waals surface area contributed by atoms with Crippen LogP contribution in [0, 0.1) is 6.92 Å². The molecule has 1 fully saturated rings. The first kappa shape index (κ1) is 26.9. The molecule has 0 unspecified atom stereocenters. The second-order valence-corrected chi connectivity index (χ2v) is 11.0. The molecule has 202 valence electrons. The van der Waals surface area contributed by atoms with Gasteiger partial charge in [0.1, 0.15) is 16.5 Å². The molecule has 2 aromatic heterocycles. The van der Waals surface area contributed by atoms with Gasteiger partial charge in [0, 0.05) is 38.0 Å².